The van der Waals surface area contributed by atoms with Crippen LogP contribution < -0.4 is 0 Å². The van der Waals surface area contributed by atoms with E-state index in [-0.39, 0.29) is 34.8 Å². The van der Waals surface area contributed by atoms with Crippen molar-refractivity contribution >= 4 is 20.2 Å². The van der Waals surface area contributed by atoms with E-state index in [0.29, 0.717) is 0 Å². The van der Waals surface area contributed by atoms with E-state index >= 15 is 0 Å². The summed E-state index contributed by atoms with van der Waals surface area (Å²) in [5.41, 5.74) is 0. The first-order valence-electron chi connectivity index (χ1n) is 0.783. The fourth-order valence-electron chi connectivity index (χ4n) is 0. The largest absolute Gasteiger partial charge is 0.466 e. The van der Waals surface area contributed by atoms with Crippen LogP contribution >= 0.6 is 20.2 Å². The van der Waals surface area contributed by atoms with E-state index in [2.05, 4.69) is 0 Å². The zero-order chi connectivity index (χ0) is 4.50. The third-order valence-corrected chi connectivity index (χ3v) is 0. The van der Waals surface area contributed by atoms with Crippen LogP contribution in [-0.2, 0) is 26.9 Å². The summed E-state index contributed by atoms with van der Waals surface area (Å²) >= 11 is 0. The Hall–Kier alpha value is 1.14. The minimum absolute atomic E-state index is 0. The molecule has 0 spiro atoms. The maximum Gasteiger partial charge on any atom is 0.466 e. The summed E-state index contributed by atoms with van der Waals surface area (Å²) in [6, 6.07) is 0. The molecule has 0 atom stereocenters. The normalized spacial score (nSPS) is 8.43. The van der Waals surface area contributed by atoms with E-state index < -0.39 is 7.82 Å². The van der Waals surface area contributed by atoms with Gasteiger partial charge in [0.15, 0.2) is 0 Å². The molecule has 4 nitrogen and oxygen atoms in total. The van der Waals surface area contributed by atoms with E-state index in [1.54, 1.807) is 0 Å². The second kappa shape index (κ2) is 5.28. The second-order valence-electron chi connectivity index (χ2n) is 0.513. The molecule has 0 saturated carbocycles. The smallest absolute Gasteiger partial charge is 0.303 e. The van der Waals surface area contributed by atoms with Gasteiger partial charge in [-0.15, -0.1) is 12.4 Å². The Morgan fingerprint density at radius 3 is 1.14 bits per heavy atom. The predicted molar refractivity (Wildman–Crippen MR) is 21.5 cm³/mol. The first kappa shape index (κ1) is 15.7. The molecule has 51 valence electrons. The topological polar surface area (TPSA) is 77.8 Å². The first-order chi connectivity index (χ1) is 2.00. The molecule has 0 aliphatic carbocycles. The van der Waals surface area contributed by atoms with Crippen molar-refractivity contribution in [1.82, 2.24) is 0 Å². The van der Waals surface area contributed by atoms with Crippen LogP contribution in [0.5, 0.6) is 0 Å². The van der Waals surface area contributed by atoms with E-state index in [1.807, 2.05) is 0 Å². The van der Waals surface area contributed by atoms with Crippen LogP contribution in [0.25, 0.3) is 0 Å². The van der Waals surface area contributed by atoms with Crippen molar-refractivity contribution in [3.63, 3.8) is 0 Å². The van der Waals surface area contributed by atoms with Crippen LogP contribution in [0.3, 0.4) is 0 Å². The van der Waals surface area contributed by atoms with Gasteiger partial charge in [-0.05, 0) is 0 Å². The molecular weight excluding hydrogens is 327 g/mol. The molecule has 0 fully saturated rings. The molecule has 0 saturated heterocycles. The van der Waals surface area contributed by atoms with Gasteiger partial charge in [0.25, 0.3) is 0 Å². The van der Waals surface area contributed by atoms with Crippen LogP contribution in [0.15, 0.2) is 0 Å². The molecule has 0 aliphatic heterocycles. The molecule has 0 aromatic rings. The quantitative estimate of drug-likeness (QED) is 0.413. The Balaban J connectivity index is -0.0000000800. The van der Waals surface area contributed by atoms with Crippen molar-refractivity contribution in [2.45, 2.75) is 0 Å². The van der Waals surface area contributed by atoms with Gasteiger partial charge in [-0.1, -0.05) is 0 Å². The summed E-state index contributed by atoms with van der Waals surface area (Å²) in [5, 5.41) is 0. The molecule has 0 unspecified atom stereocenters. The van der Waals surface area contributed by atoms with Gasteiger partial charge < -0.3 is 14.7 Å². The second-order valence-corrected chi connectivity index (χ2v) is 1.54. The van der Waals surface area contributed by atoms with Crippen molar-refractivity contribution in [3.8, 4) is 0 Å². The minimum atomic E-state index is -4.64. The minimum Gasteiger partial charge on any atom is -0.303 e. The molecule has 7 heteroatoms. The standard InChI is InChI=1S/Au.ClH.H3O4P/c;;1-5(2,3)4/h;1H;(H3,1,2,3,4). The van der Waals surface area contributed by atoms with Crippen molar-refractivity contribution in [2.75, 3.05) is 0 Å². The molecule has 7 heavy (non-hydrogen) atoms. The third kappa shape index (κ3) is 145. The van der Waals surface area contributed by atoms with Gasteiger partial charge in [-0.2, -0.15) is 0 Å². The molecule has 0 aromatic heterocycles. The molecule has 0 aliphatic rings. The van der Waals surface area contributed by atoms with Crippen molar-refractivity contribution in [1.29, 1.82) is 0 Å². The number of rotatable bonds is 0. The van der Waals surface area contributed by atoms with Crippen LogP contribution in [-0.4, -0.2) is 14.7 Å². The maximum atomic E-state index is 8.88. The van der Waals surface area contributed by atoms with Crippen LogP contribution in [0.4, 0.5) is 0 Å². The Labute approximate surface area is 62.1 Å². The molecule has 0 amide bonds. The van der Waals surface area contributed by atoms with E-state index in [0.717, 1.165) is 0 Å². The van der Waals surface area contributed by atoms with Gasteiger partial charge in [-0.25, -0.2) is 4.57 Å². The SMILES string of the molecule is Cl.O=P(O)(O)O.[Au]. The fraction of sp³-hybridized carbons (Fsp3) is 0. The fourth-order valence-corrected chi connectivity index (χ4v) is 0. The number of halogens is 1. The summed E-state index contributed by atoms with van der Waals surface area (Å²) in [6.45, 7) is 0. The van der Waals surface area contributed by atoms with Crippen LogP contribution in [0.2, 0.25) is 0 Å². The third-order valence-electron chi connectivity index (χ3n) is 0. The molecule has 0 rings (SSSR count). The zero-order valence-corrected chi connectivity index (χ0v) is 6.78. The Morgan fingerprint density at radius 1 is 1.14 bits per heavy atom. The van der Waals surface area contributed by atoms with Crippen LogP contribution in [0.1, 0.15) is 0 Å². The zero-order valence-electron chi connectivity index (χ0n) is 2.91. The maximum absolute atomic E-state index is 8.88. The van der Waals surface area contributed by atoms with Gasteiger partial charge in [0.2, 0.25) is 0 Å². The van der Waals surface area contributed by atoms with Crippen molar-refractivity contribution in [2.24, 2.45) is 0 Å². The summed E-state index contributed by atoms with van der Waals surface area (Å²) in [5.74, 6) is 0. The van der Waals surface area contributed by atoms with Gasteiger partial charge in [0.05, 0.1) is 0 Å². The first-order valence-corrected chi connectivity index (χ1v) is 2.35. The summed E-state index contributed by atoms with van der Waals surface area (Å²) in [4.78, 5) is 21.6. The van der Waals surface area contributed by atoms with E-state index in [1.165, 1.54) is 0 Å². The van der Waals surface area contributed by atoms with Crippen LogP contribution in [0, 0.1) is 0 Å². The van der Waals surface area contributed by atoms with Gasteiger partial charge in [-0.3, -0.25) is 0 Å². The van der Waals surface area contributed by atoms with Gasteiger partial charge in [0, 0.05) is 22.4 Å². The molecule has 3 N–H and O–H groups in total. The number of hydrogen-bond acceptors (Lipinski definition) is 1. The average molecular weight is 331 g/mol. The Bertz CT molecular complexity index is 57.8. The molecule has 1 radical (unpaired) electrons. The monoisotopic (exact) mass is 331 g/mol. The summed E-state index contributed by atoms with van der Waals surface area (Å²) < 4.78 is 8.88. The van der Waals surface area contributed by atoms with Crippen molar-refractivity contribution in [3.05, 3.63) is 0 Å². The van der Waals surface area contributed by atoms with E-state index in [9.17, 15) is 0 Å². The average Bonchev–Trinajstić information content (AvgIpc) is 0.722. The van der Waals surface area contributed by atoms with Crippen molar-refractivity contribution < 1.29 is 41.6 Å². The number of phosphoric acid groups is 1. The summed E-state index contributed by atoms with van der Waals surface area (Å²) in [6.07, 6.45) is 0. The molecule has 0 heterocycles. The van der Waals surface area contributed by atoms with Gasteiger partial charge in [0.1, 0.15) is 0 Å². The predicted octanol–water partition coefficient (Wildman–Crippen LogP) is -0.509. The number of hydrogen-bond donors (Lipinski definition) is 3. The molecule has 0 bridgehead atoms. The van der Waals surface area contributed by atoms with E-state index in [4.69, 9.17) is 19.2 Å². The Kier molecular flexibility index (Phi) is 11.8. The van der Waals surface area contributed by atoms with Gasteiger partial charge >= 0.3 is 7.82 Å². The molecular formula is H4AuClO4P. The Morgan fingerprint density at radius 2 is 1.14 bits per heavy atom. The molecule has 0 aromatic carbocycles. The summed E-state index contributed by atoms with van der Waals surface area (Å²) in [7, 11) is -4.64.